The molecule has 1 heterocycles. The summed E-state index contributed by atoms with van der Waals surface area (Å²) in [4.78, 5) is 41.1. The number of hydrogen-bond donors (Lipinski definition) is 2. The van der Waals surface area contributed by atoms with Gasteiger partial charge in [0, 0.05) is 6.07 Å². The molecule has 2 N–H and O–H groups in total. The van der Waals surface area contributed by atoms with Gasteiger partial charge in [-0.05, 0) is 12.1 Å². The van der Waals surface area contributed by atoms with Gasteiger partial charge in [0.15, 0.2) is 5.16 Å². The quantitative estimate of drug-likeness (QED) is 0.463. The number of carbonyl (C=O) groups excluding carboxylic acids is 2. The first-order valence-corrected chi connectivity index (χ1v) is 7.80. The Balaban J connectivity index is 1.98. The fourth-order valence-corrected chi connectivity index (χ4v) is 2.44. The number of halogens is 1. The largest absolute Gasteiger partial charge is 0.469 e. The zero-order valence-corrected chi connectivity index (χ0v) is 13.5. The van der Waals surface area contributed by atoms with E-state index in [9.17, 15) is 18.8 Å². The van der Waals surface area contributed by atoms with Gasteiger partial charge in [-0.15, -0.1) is 0 Å². The van der Waals surface area contributed by atoms with Gasteiger partial charge in [-0.1, -0.05) is 23.9 Å². The van der Waals surface area contributed by atoms with E-state index in [0.717, 1.165) is 11.8 Å². The summed E-state index contributed by atoms with van der Waals surface area (Å²) in [6, 6.07) is 6.97. The second-order valence-corrected chi connectivity index (χ2v) is 5.58. The smallest absolute Gasteiger partial charge is 0.311 e. The van der Waals surface area contributed by atoms with Crippen LogP contribution in [0.15, 0.2) is 40.3 Å². The van der Waals surface area contributed by atoms with Crippen LogP contribution in [0.4, 0.5) is 10.1 Å². The number of thioether (sulfide) groups is 1. The SMILES string of the molecule is COC(=O)Cc1cc(=O)[nH]c(SCC(=O)Nc2ccccc2F)n1. The maximum Gasteiger partial charge on any atom is 0.311 e. The second-order valence-electron chi connectivity index (χ2n) is 4.61. The summed E-state index contributed by atoms with van der Waals surface area (Å²) < 4.78 is 18.0. The molecule has 0 unspecified atom stereocenters. The first kappa shape index (κ1) is 17.7. The van der Waals surface area contributed by atoms with Crippen LogP contribution in [-0.2, 0) is 20.7 Å². The van der Waals surface area contributed by atoms with Gasteiger partial charge >= 0.3 is 5.97 Å². The second kappa shape index (κ2) is 8.25. The number of para-hydroxylation sites is 1. The average molecular weight is 351 g/mol. The minimum Gasteiger partial charge on any atom is -0.469 e. The lowest BCUT2D eigenvalue weighted by Crippen LogP contribution is -2.17. The lowest BCUT2D eigenvalue weighted by molar-refractivity contribution is -0.139. The zero-order chi connectivity index (χ0) is 17.5. The first-order valence-electron chi connectivity index (χ1n) is 6.82. The Hall–Kier alpha value is -2.68. The molecule has 0 aliphatic carbocycles. The van der Waals surface area contributed by atoms with Crippen molar-refractivity contribution < 1.29 is 18.7 Å². The molecular formula is C15H14FN3O4S. The van der Waals surface area contributed by atoms with Crippen molar-refractivity contribution in [2.75, 3.05) is 18.2 Å². The number of ether oxygens (including phenoxy) is 1. The number of methoxy groups -OCH3 is 1. The van der Waals surface area contributed by atoms with E-state index in [2.05, 4.69) is 20.0 Å². The van der Waals surface area contributed by atoms with E-state index < -0.39 is 23.3 Å². The molecule has 0 bridgehead atoms. The molecule has 2 aromatic rings. The summed E-state index contributed by atoms with van der Waals surface area (Å²) >= 11 is 0.963. The Morgan fingerprint density at radius 1 is 1.38 bits per heavy atom. The van der Waals surface area contributed by atoms with Crippen molar-refractivity contribution in [3.63, 3.8) is 0 Å². The monoisotopic (exact) mass is 351 g/mol. The van der Waals surface area contributed by atoms with Crippen molar-refractivity contribution in [2.24, 2.45) is 0 Å². The van der Waals surface area contributed by atoms with Crippen LogP contribution in [-0.4, -0.2) is 34.7 Å². The number of carbonyl (C=O) groups is 2. The normalized spacial score (nSPS) is 10.2. The molecule has 7 nitrogen and oxygen atoms in total. The zero-order valence-electron chi connectivity index (χ0n) is 12.7. The fourth-order valence-electron chi connectivity index (χ4n) is 1.75. The third kappa shape index (κ3) is 5.20. The molecule has 0 aliphatic heterocycles. The predicted octanol–water partition coefficient (Wildman–Crippen LogP) is 1.36. The summed E-state index contributed by atoms with van der Waals surface area (Å²) in [6.07, 6.45) is -0.143. The van der Waals surface area contributed by atoms with Gasteiger partial charge in [-0.2, -0.15) is 0 Å². The van der Waals surface area contributed by atoms with Crippen molar-refractivity contribution in [1.29, 1.82) is 0 Å². The van der Waals surface area contributed by atoms with E-state index in [1.54, 1.807) is 6.07 Å². The van der Waals surface area contributed by atoms with Crippen LogP contribution in [0.2, 0.25) is 0 Å². The van der Waals surface area contributed by atoms with Crippen molar-refractivity contribution in [1.82, 2.24) is 9.97 Å². The molecule has 0 spiro atoms. The molecule has 0 radical (unpaired) electrons. The van der Waals surface area contributed by atoms with Gasteiger partial charge in [-0.3, -0.25) is 14.4 Å². The Bertz CT molecular complexity index is 809. The molecule has 2 rings (SSSR count). The van der Waals surface area contributed by atoms with Gasteiger partial charge in [0.05, 0.1) is 30.7 Å². The molecule has 0 saturated heterocycles. The highest BCUT2D eigenvalue weighted by Crippen LogP contribution is 2.15. The van der Waals surface area contributed by atoms with E-state index in [0.29, 0.717) is 0 Å². The predicted molar refractivity (Wildman–Crippen MR) is 86.3 cm³/mol. The lowest BCUT2D eigenvalue weighted by Gasteiger charge is -2.06. The number of amides is 1. The van der Waals surface area contributed by atoms with Crippen LogP contribution in [0.5, 0.6) is 0 Å². The number of nitrogens with zero attached hydrogens (tertiary/aromatic N) is 1. The number of esters is 1. The third-order valence-electron chi connectivity index (χ3n) is 2.81. The highest BCUT2D eigenvalue weighted by atomic mass is 32.2. The van der Waals surface area contributed by atoms with E-state index >= 15 is 0 Å². The highest BCUT2D eigenvalue weighted by molar-refractivity contribution is 7.99. The number of anilines is 1. The molecular weight excluding hydrogens is 337 g/mol. The molecule has 126 valence electrons. The van der Waals surface area contributed by atoms with Crippen LogP contribution in [0.25, 0.3) is 0 Å². The molecule has 1 amide bonds. The number of hydrogen-bond acceptors (Lipinski definition) is 6. The van der Waals surface area contributed by atoms with Gasteiger partial charge in [0.25, 0.3) is 5.56 Å². The third-order valence-corrected chi connectivity index (χ3v) is 3.69. The van der Waals surface area contributed by atoms with Crippen LogP contribution >= 0.6 is 11.8 Å². The minimum atomic E-state index is -0.539. The topological polar surface area (TPSA) is 101 Å². The van der Waals surface area contributed by atoms with Crippen LogP contribution in [0, 0.1) is 5.82 Å². The lowest BCUT2D eigenvalue weighted by atomic mass is 10.3. The van der Waals surface area contributed by atoms with Gasteiger partial charge < -0.3 is 15.0 Å². The average Bonchev–Trinajstić information content (AvgIpc) is 2.54. The van der Waals surface area contributed by atoms with E-state index in [4.69, 9.17) is 0 Å². The van der Waals surface area contributed by atoms with Gasteiger partial charge in [-0.25, -0.2) is 9.37 Å². The van der Waals surface area contributed by atoms with Crippen molar-refractivity contribution in [3.05, 3.63) is 52.2 Å². The molecule has 1 aromatic heterocycles. The van der Waals surface area contributed by atoms with Crippen molar-refractivity contribution in [3.8, 4) is 0 Å². The maximum absolute atomic E-state index is 13.4. The summed E-state index contributed by atoms with van der Waals surface area (Å²) in [5.41, 5.74) is -0.132. The van der Waals surface area contributed by atoms with Crippen molar-refractivity contribution >= 4 is 29.3 Å². The highest BCUT2D eigenvalue weighted by Gasteiger charge is 2.10. The van der Waals surface area contributed by atoms with Gasteiger partial charge in [0.1, 0.15) is 5.82 Å². The fraction of sp³-hybridized carbons (Fsp3) is 0.200. The molecule has 0 saturated carbocycles. The van der Waals surface area contributed by atoms with Crippen LogP contribution < -0.4 is 10.9 Å². The van der Waals surface area contributed by atoms with Crippen LogP contribution in [0.1, 0.15) is 5.69 Å². The molecule has 0 fully saturated rings. The molecule has 0 aliphatic rings. The summed E-state index contributed by atoms with van der Waals surface area (Å²) in [5.74, 6) is -1.60. The standard InChI is InChI=1S/C15H14FN3O4S/c1-23-14(22)7-9-6-12(20)19-15(17-9)24-8-13(21)18-11-5-3-2-4-10(11)16/h2-6H,7-8H2,1H3,(H,18,21)(H,17,19,20). The Morgan fingerprint density at radius 3 is 2.83 bits per heavy atom. The van der Waals surface area contributed by atoms with Crippen molar-refractivity contribution in [2.45, 2.75) is 11.6 Å². The summed E-state index contributed by atoms with van der Waals surface area (Å²) in [7, 11) is 1.23. The molecule has 1 aromatic carbocycles. The summed E-state index contributed by atoms with van der Waals surface area (Å²) in [5, 5.41) is 2.61. The number of aromatic amines is 1. The minimum absolute atomic E-state index is 0.0731. The Morgan fingerprint density at radius 2 is 2.12 bits per heavy atom. The molecule has 0 atom stereocenters. The Labute approximate surface area is 140 Å². The van der Waals surface area contributed by atoms with E-state index in [1.807, 2.05) is 0 Å². The van der Waals surface area contributed by atoms with Crippen LogP contribution in [0.3, 0.4) is 0 Å². The van der Waals surface area contributed by atoms with E-state index in [-0.39, 0.29) is 28.7 Å². The van der Waals surface area contributed by atoms with E-state index in [1.165, 1.54) is 31.4 Å². The van der Waals surface area contributed by atoms with Gasteiger partial charge in [0.2, 0.25) is 5.91 Å². The molecule has 9 heteroatoms. The number of aromatic nitrogens is 2. The number of rotatable bonds is 6. The number of nitrogens with one attached hydrogen (secondary N) is 2. The number of benzene rings is 1. The Kier molecular flexibility index (Phi) is 6.07. The number of H-pyrrole nitrogens is 1. The first-order chi connectivity index (χ1) is 11.5. The summed E-state index contributed by atoms with van der Waals surface area (Å²) in [6.45, 7) is 0. The maximum atomic E-state index is 13.4. The molecule has 24 heavy (non-hydrogen) atoms.